The number of sulfonamides is 1. The molecule has 2 aromatic carbocycles. The van der Waals surface area contributed by atoms with Crippen molar-refractivity contribution in [1.29, 1.82) is 0 Å². The summed E-state index contributed by atoms with van der Waals surface area (Å²) in [5.74, 6) is 0.735. The molecule has 6 nitrogen and oxygen atoms in total. The van der Waals surface area contributed by atoms with E-state index in [0.29, 0.717) is 24.5 Å². The summed E-state index contributed by atoms with van der Waals surface area (Å²) in [6, 6.07) is 17.4. The second kappa shape index (κ2) is 10.6. The van der Waals surface area contributed by atoms with Crippen molar-refractivity contribution in [2.24, 2.45) is 4.99 Å². The average Bonchev–Trinajstić information content (AvgIpc) is 2.79. The summed E-state index contributed by atoms with van der Waals surface area (Å²) in [6.07, 6.45) is 2.98. The third kappa shape index (κ3) is 5.83. The highest BCUT2D eigenvalue weighted by atomic mass is 32.2. The molecular weight excluding hydrogens is 396 g/mol. The molecule has 1 fully saturated rings. The van der Waals surface area contributed by atoms with Gasteiger partial charge in [0.15, 0.2) is 5.96 Å². The van der Waals surface area contributed by atoms with Crippen molar-refractivity contribution in [2.45, 2.75) is 50.6 Å². The normalized spacial score (nSPS) is 16.8. The molecular formula is C23H32N4O2S. The third-order valence-electron chi connectivity index (χ3n) is 5.29. The predicted octanol–water partition coefficient (Wildman–Crippen LogP) is 3.68. The van der Waals surface area contributed by atoms with Gasteiger partial charge in [0.2, 0.25) is 10.0 Å². The fourth-order valence-corrected chi connectivity index (χ4v) is 5.06. The Kier molecular flexibility index (Phi) is 7.87. The molecule has 162 valence electrons. The summed E-state index contributed by atoms with van der Waals surface area (Å²) >= 11 is 0. The molecule has 0 spiro atoms. The first-order valence-electron chi connectivity index (χ1n) is 10.7. The number of rotatable bonds is 7. The molecule has 0 bridgehead atoms. The average molecular weight is 429 g/mol. The molecule has 1 atom stereocenters. The van der Waals surface area contributed by atoms with Crippen molar-refractivity contribution >= 4 is 16.0 Å². The Hall–Kier alpha value is -2.38. The lowest BCUT2D eigenvalue weighted by Crippen LogP contribution is -2.38. The second-order valence-corrected chi connectivity index (χ2v) is 9.52. The van der Waals surface area contributed by atoms with Crippen molar-refractivity contribution < 1.29 is 8.42 Å². The molecule has 1 saturated heterocycles. The van der Waals surface area contributed by atoms with E-state index in [9.17, 15) is 8.42 Å². The minimum atomic E-state index is -3.39. The van der Waals surface area contributed by atoms with Gasteiger partial charge in [0.1, 0.15) is 0 Å². The number of piperidine rings is 1. The molecule has 1 aliphatic rings. The van der Waals surface area contributed by atoms with Crippen molar-refractivity contribution in [3.63, 3.8) is 0 Å². The molecule has 1 aliphatic heterocycles. The van der Waals surface area contributed by atoms with Gasteiger partial charge >= 0.3 is 0 Å². The van der Waals surface area contributed by atoms with E-state index in [0.717, 1.165) is 37.3 Å². The zero-order valence-electron chi connectivity index (χ0n) is 17.8. The summed E-state index contributed by atoms with van der Waals surface area (Å²) < 4.78 is 27.2. The van der Waals surface area contributed by atoms with Gasteiger partial charge in [0.05, 0.1) is 17.5 Å². The van der Waals surface area contributed by atoms with Crippen molar-refractivity contribution in [3.05, 3.63) is 65.7 Å². The molecule has 3 rings (SSSR count). The van der Waals surface area contributed by atoms with Crippen LogP contribution in [0, 0.1) is 0 Å². The minimum absolute atomic E-state index is 0.126. The molecule has 0 amide bonds. The topological polar surface area (TPSA) is 73.8 Å². The van der Waals surface area contributed by atoms with E-state index in [1.165, 1.54) is 5.56 Å². The first-order chi connectivity index (χ1) is 14.5. The van der Waals surface area contributed by atoms with Crippen LogP contribution in [0.25, 0.3) is 0 Å². The van der Waals surface area contributed by atoms with E-state index in [1.54, 1.807) is 16.4 Å². The van der Waals surface area contributed by atoms with Crippen LogP contribution in [0.3, 0.4) is 0 Å². The van der Waals surface area contributed by atoms with Gasteiger partial charge in [-0.3, -0.25) is 0 Å². The number of guanidine groups is 1. The van der Waals surface area contributed by atoms with Gasteiger partial charge in [-0.2, -0.15) is 4.31 Å². The van der Waals surface area contributed by atoms with E-state index in [-0.39, 0.29) is 6.04 Å². The smallest absolute Gasteiger partial charge is 0.243 e. The van der Waals surface area contributed by atoms with Gasteiger partial charge in [-0.05, 0) is 49.9 Å². The van der Waals surface area contributed by atoms with Gasteiger partial charge < -0.3 is 10.6 Å². The molecule has 0 radical (unpaired) electrons. The third-order valence-corrected chi connectivity index (χ3v) is 7.21. The maximum atomic E-state index is 12.8. The maximum absolute atomic E-state index is 12.8. The molecule has 0 aromatic heterocycles. The summed E-state index contributed by atoms with van der Waals surface area (Å²) in [7, 11) is -3.39. The van der Waals surface area contributed by atoms with E-state index in [2.05, 4.69) is 34.7 Å². The quantitative estimate of drug-likeness (QED) is 0.521. The fraction of sp³-hybridized carbons (Fsp3) is 0.435. The Morgan fingerprint density at radius 1 is 1.03 bits per heavy atom. The summed E-state index contributed by atoms with van der Waals surface area (Å²) in [5, 5.41) is 6.69. The summed E-state index contributed by atoms with van der Waals surface area (Å²) in [6.45, 7) is 6.60. The van der Waals surface area contributed by atoms with Gasteiger partial charge in [0, 0.05) is 19.6 Å². The Balaban J connectivity index is 1.66. The van der Waals surface area contributed by atoms with Crippen molar-refractivity contribution in [1.82, 2.24) is 14.9 Å². The molecule has 0 aliphatic carbocycles. The van der Waals surface area contributed by atoms with Crippen molar-refractivity contribution in [3.8, 4) is 0 Å². The van der Waals surface area contributed by atoms with Crippen LogP contribution in [-0.2, 0) is 16.6 Å². The number of benzene rings is 2. The van der Waals surface area contributed by atoms with Gasteiger partial charge in [-0.25, -0.2) is 13.4 Å². The Bertz CT molecular complexity index is 921. The monoisotopic (exact) mass is 428 g/mol. The Morgan fingerprint density at radius 3 is 2.33 bits per heavy atom. The van der Waals surface area contributed by atoms with E-state index < -0.39 is 10.0 Å². The minimum Gasteiger partial charge on any atom is -0.357 e. The highest BCUT2D eigenvalue weighted by Gasteiger charge is 2.25. The maximum Gasteiger partial charge on any atom is 0.243 e. The van der Waals surface area contributed by atoms with Crippen molar-refractivity contribution in [2.75, 3.05) is 19.6 Å². The molecule has 7 heteroatoms. The lowest BCUT2D eigenvalue weighted by Gasteiger charge is -2.25. The highest BCUT2D eigenvalue weighted by molar-refractivity contribution is 7.89. The predicted molar refractivity (Wildman–Crippen MR) is 122 cm³/mol. The zero-order valence-corrected chi connectivity index (χ0v) is 18.7. The fourth-order valence-electron chi connectivity index (χ4n) is 3.54. The molecule has 0 saturated carbocycles. The standard InChI is InChI=1S/C23H32N4O2S/c1-3-24-23(26-19(2)21-10-6-4-7-11-21)25-18-20-12-14-22(15-13-20)30(28,29)27-16-8-5-9-17-27/h4,6-7,10-15,19H,3,5,8-9,16-18H2,1-2H3,(H2,24,25,26). The SMILES string of the molecule is CCNC(=NCc1ccc(S(=O)(=O)N2CCCCC2)cc1)NC(C)c1ccccc1. The lowest BCUT2D eigenvalue weighted by atomic mass is 10.1. The highest BCUT2D eigenvalue weighted by Crippen LogP contribution is 2.21. The molecule has 1 unspecified atom stereocenters. The number of nitrogens with zero attached hydrogens (tertiary/aromatic N) is 2. The van der Waals surface area contributed by atoms with Crippen LogP contribution >= 0.6 is 0 Å². The van der Waals surface area contributed by atoms with E-state index >= 15 is 0 Å². The van der Waals surface area contributed by atoms with Crippen LogP contribution in [0.15, 0.2) is 64.5 Å². The molecule has 2 N–H and O–H groups in total. The van der Waals surface area contributed by atoms with Crippen LogP contribution in [-0.4, -0.2) is 38.3 Å². The van der Waals surface area contributed by atoms with Crippen LogP contribution in [0.1, 0.15) is 50.3 Å². The van der Waals surface area contributed by atoms with Crippen LogP contribution in [0.2, 0.25) is 0 Å². The first kappa shape index (κ1) is 22.3. The Morgan fingerprint density at radius 2 is 1.70 bits per heavy atom. The van der Waals surface area contributed by atoms with Gasteiger partial charge in [0.25, 0.3) is 0 Å². The first-order valence-corrected chi connectivity index (χ1v) is 12.1. The van der Waals surface area contributed by atoms with Gasteiger partial charge in [-0.15, -0.1) is 0 Å². The van der Waals surface area contributed by atoms with E-state index in [4.69, 9.17) is 0 Å². The number of nitrogens with one attached hydrogen (secondary N) is 2. The molecule has 2 aromatic rings. The van der Waals surface area contributed by atoms with E-state index in [1.807, 2.05) is 37.3 Å². The number of hydrogen-bond acceptors (Lipinski definition) is 3. The lowest BCUT2D eigenvalue weighted by molar-refractivity contribution is 0.346. The van der Waals surface area contributed by atoms with Crippen LogP contribution in [0.4, 0.5) is 0 Å². The summed E-state index contributed by atoms with van der Waals surface area (Å²) in [4.78, 5) is 5.03. The Labute approximate surface area is 180 Å². The van der Waals surface area contributed by atoms with Crippen LogP contribution < -0.4 is 10.6 Å². The molecule has 30 heavy (non-hydrogen) atoms. The van der Waals surface area contributed by atoms with Crippen LogP contribution in [0.5, 0.6) is 0 Å². The zero-order chi connectivity index (χ0) is 21.4. The summed E-state index contributed by atoms with van der Waals surface area (Å²) in [5.41, 5.74) is 2.16. The molecule has 1 heterocycles. The largest absolute Gasteiger partial charge is 0.357 e. The number of aliphatic imine (C=N–C) groups is 1. The number of hydrogen-bond donors (Lipinski definition) is 2. The van der Waals surface area contributed by atoms with Gasteiger partial charge in [-0.1, -0.05) is 48.9 Å². The second-order valence-electron chi connectivity index (χ2n) is 7.58.